The molecule has 1 aromatic carbocycles. The first-order valence-corrected chi connectivity index (χ1v) is 7.20. The molecule has 1 aliphatic carbocycles. The van der Waals surface area contributed by atoms with E-state index in [1.165, 1.54) is 19.3 Å². The van der Waals surface area contributed by atoms with E-state index in [4.69, 9.17) is 0 Å². The summed E-state index contributed by atoms with van der Waals surface area (Å²) in [6.45, 7) is 0. The molecule has 0 spiro atoms. The molecular weight excluding hydrogens is 250 g/mol. The molecular formula is C15H17N5. The number of aromatic nitrogens is 5. The van der Waals surface area contributed by atoms with E-state index in [0.29, 0.717) is 0 Å². The first-order valence-electron chi connectivity index (χ1n) is 7.20. The summed E-state index contributed by atoms with van der Waals surface area (Å²) in [4.78, 5) is 4.23. The lowest BCUT2D eigenvalue weighted by atomic mass is 9.88. The van der Waals surface area contributed by atoms with Crippen molar-refractivity contribution in [1.82, 2.24) is 24.5 Å². The van der Waals surface area contributed by atoms with E-state index in [2.05, 4.69) is 30.6 Å². The topological polar surface area (TPSA) is 48.5 Å². The third-order valence-electron chi connectivity index (χ3n) is 4.39. The van der Waals surface area contributed by atoms with Crippen molar-refractivity contribution in [3.8, 4) is 0 Å². The number of benzene rings is 1. The van der Waals surface area contributed by atoms with Gasteiger partial charge in [-0.15, -0.1) is 5.10 Å². The van der Waals surface area contributed by atoms with Gasteiger partial charge in [-0.1, -0.05) is 23.8 Å². The summed E-state index contributed by atoms with van der Waals surface area (Å²) < 4.78 is 4.30. The Kier molecular flexibility index (Phi) is 2.58. The van der Waals surface area contributed by atoms with Crippen LogP contribution < -0.4 is 0 Å². The quantitative estimate of drug-likeness (QED) is 0.717. The van der Waals surface area contributed by atoms with Crippen LogP contribution in [-0.4, -0.2) is 24.5 Å². The second kappa shape index (κ2) is 4.44. The lowest BCUT2D eigenvalue weighted by molar-refractivity contribution is 0.136. The molecule has 0 radical (unpaired) electrons. The Morgan fingerprint density at radius 1 is 1.05 bits per heavy atom. The monoisotopic (exact) mass is 267 g/mol. The van der Waals surface area contributed by atoms with Gasteiger partial charge in [0, 0.05) is 12.4 Å². The van der Waals surface area contributed by atoms with Gasteiger partial charge in [-0.3, -0.25) is 0 Å². The second-order valence-corrected chi connectivity index (χ2v) is 5.50. The molecule has 4 rings (SSSR count). The fraction of sp³-hybridized carbons (Fsp3) is 0.400. The molecule has 20 heavy (non-hydrogen) atoms. The highest BCUT2D eigenvalue weighted by Gasteiger charge is 2.37. The predicted molar refractivity (Wildman–Crippen MR) is 76.2 cm³/mol. The lowest BCUT2D eigenvalue weighted by Crippen LogP contribution is -2.43. The minimum absolute atomic E-state index is 0.148. The average molecular weight is 267 g/mol. The van der Waals surface area contributed by atoms with Crippen molar-refractivity contribution in [1.29, 1.82) is 0 Å². The highest BCUT2D eigenvalue weighted by Crippen LogP contribution is 2.37. The fourth-order valence-electron chi connectivity index (χ4n) is 3.38. The summed E-state index contributed by atoms with van der Waals surface area (Å²) in [5.41, 5.74) is 1.91. The maximum Gasteiger partial charge on any atom is 0.140 e. The lowest BCUT2D eigenvalue weighted by Gasteiger charge is -2.38. The second-order valence-electron chi connectivity index (χ2n) is 5.50. The van der Waals surface area contributed by atoms with E-state index < -0.39 is 0 Å². The molecule has 0 bridgehead atoms. The van der Waals surface area contributed by atoms with Crippen molar-refractivity contribution >= 4 is 11.0 Å². The van der Waals surface area contributed by atoms with E-state index in [1.54, 1.807) is 0 Å². The summed E-state index contributed by atoms with van der Waals surface area (Å²) in [5.74, 6) is 0. The molecule has 5 heteroatoms. The van der Waals surface area contributed by atoms with Gasteiger partial charge in [0.15, 0.2) is 0 Å². The molecule has 1 aliphatic rings. The Balaban J connectivity index is 1.94. The average Bonchev–Trinajstić information content (AvgIpc) is 3.18. The number of hydrogen-bond acceptors (Lipinski definition) is 3. The van der Waals surface area contributed by atoms with Crippen LogP contribution in [0.4, 0.5) is 0 Å². The van der Waals surface area contributed by atoms with E-state index in [9.17, 15) is 0 Å². The van der Waals surface area contributed by atoms with E-state index in [1.807, 2.05) is 36.9 Å². The van der Waals surface area contributed by atoms with Gasteiger partial charge in [0.25, 0.3) is 0 Å². The van der Waals surface area contributed by atoms with Crippen LogP contribution in [0.15, 0.2) is 43.0 Å². The maximum absolute atomic E-state index is 4.47. The number of nitrogens with zero attached hydrogens (tertiary/aromatic N) is 5. The van der Waals surface area contributed by atoms with Gasteiger partial charge < -0.3 is 4.57 Å². The third-order valence-corrected chi connectivity index (χ3v) is 4.39. The zero-order valence-corrected chi connectivity index (χ0v) is 11.3. The maximum atomic E-state index is 4.47. The third kappa shape index (κ3) is 1.59. The predicted octanol–water partition coefficient (Wildman–Crippen LogP) is 2.79. The van der Waals surface area contributed by atoms with Crippen molar-refractivity contribution in [3.63, 3.8) is 0 Å². The molecule has 0 saturated heterocycles. The van der Waals surface area contributed by atoms with Crippen LogP contribution in [0.1, 0.15) is 32.1 Å². The molecule has 1 saturated carbocycles. The van der Waals surface area contributed by atoms with Crippen LogP contribution in [0.25, 0.3) is 11.0 Å². The normalized spacial score (nSPS) is 18.4. The van der Waals surface area contributed by atoms with Crippen LogP contribution in [0.5, 0.6) is 0 Å². The number of hydrogen-bond donors (Lipinski definition) is 0. The van der Waals surface area contributed by atoms with Gasteiger partial charge in [-0.25, -0.2) is 9.67 Å². The summed E-state index contributed by atoms with van der Waals surface area (Å²) in [6, 6.07) is 8.17. The van der Waals surface area contributed by atoms with Crippen LogP contribution in [0.2, 0.25) is 0 Å². The van der Waals surface area contributed by atoms with Crippen LogP contribution in [0, 0.1) is 0 Å². The van der Waals surface area contributed by atoms with Gasteiger partial charge in [0.1, 0.15) is 11.2 Å². The van der Waals surface area contributed by atoms with E-state index >= 15 is 0 Å². The van der Waals surface area contributed by atoms with Crippen molar-refractivity contribution in [2.24, 2.45) is 0 Å². The minimum Gasteiger partial charge on any atom is -0.312 e. The van der Waals surface area contributed by atoms with Gasteiger partial charge >= 0.3 is 0 Å². The molecule has 5 nitrogen and oxygen atoms in total. The zero-order chi connectivity index (χ0) is 13.4. The van der Waals surface area contributed by atoms with Gasteiger partial charge in [-0.2, -0.15) is 0 Å². The van der Waals surface area contributed by atoms with Crippen molar-refractivity contribution in [2.75, 3.05) is 0 Å². The summed E-state index contributed by atoms with van der Waals surface area (Å²) in [5, 5.41) is 8.79. The van der Waals surface area contributed by atoms with E-state index in [-0.39, 0.29) is 5.66 Å². The van der Waals surface area contributed by atoms with Gasteiger partial charge in [0.2, 0.25) is 0 Å². The molecule has 3 aromatic rings. The smallest absolute Gasteiger partial charge is 0.140 e. The largest absolute Gasteiger partial charge is 0.312 e. The van der Waals surface area contributed by atoms with Crippen LogP contribution >= 0.6 is 0 Å². The summed E-state index contributed by atoms with van der Waals surface area (Å²) >= 11 is 0. The standard InChI is InChI=1S/C15H17N5/c1-4-8-15(9-5-1,19-11-10-16-12-19)20-14-7-3-2-6-13(14)17-18-20/h2-3,6-7,10-12H,1,4-5,8-9H2. The Bertz CT molecular complexity index is 707. The van der Waals surface area contributed by atoms with Gasteiger partial charge in [0.05, 0.1) is 11.8 Å². The molecule has 0 N–H and O–H groups in total. The molecule has 2 heterocycles. The van der Waals surface area contributed by atoms with Gasteiger partial charge in [-0.05, 0) is 37.8 Å². The summed E-state index contributed by atoms with van der Waals surface area (Å²) in [6.07, 6.45) is 11.7. The molecule has 0 atom stereocenters. The molecule has 1 fully saturated rings. The van der Waals surface area contributed by atoms with Crippen LogP contribution in [-0.2, 0) is 5.66 Å². The fourth-order valence-corrected chi connectivity index (χ4v) is 3.38. The molecule has 102 valence electrons. The number of rotatable bonds is 2. The van der Waals surface area contributed by atoms with Crippen molar-refractivity contribution in [3.05, 3.63) is 43.0 Å². The highest BCUT2D eigenvalue weighted by atomic mass is 15.5. The first kappa shape index (κ1) is 11.6. The Labute approximate surface area is 117 Å². The molecule has 0 unspecified atom stereocenters. The van der Waals surface area contributed by atoms with E-state index in [0.717, 1.165) is 23.9 Å². The number of fused-ring (bicyclic) bond motifs is 1. The van der Waals surface area contributed by atoms with Crippen molar-refractivity contribution in [2.45, 2.75) is 37.8 Å². The number of imidazole rings is 1. The van der Waals surface area contributed by atoms with Crippen molar-refractivity contribution < 1.29 is 0 Å². The van der Waals surface area contributed by atoms with Crippen LogP contribution in [0.3, 0.4) is 0 Å². The number of para-hydroxylation sites is 1. The first-order chi connectivity index (χ1) is 9.90. The SMILES string of the molecule is c1ccc2c(c1)nnn2C1(n2ccnc2)CCCCC1. The zero-order valence-electron chi connectivity index (χ0n) is 11.3. The Morgan fingerprint density at radius 3 is 2.70 bits per heavy atom. The molecule has 2 aromatic heterocycles. The minimum atomic E-state index is -0.148. The molecule has 0 amide bonds. The Hall–Kier alpha value is -2.17. The highest BCUT2D eigenvalue weighted by molar-refractivity contribution is 5.74. The Morgan fingerprint density at radius 2 is 1.90 bits per heavy atom. The molecule has 0 aliphatic heterocycles. The summed E-state index contributed by atoms with van der Waals surface area (Å²) in [7, 11) is 0.